The van der Waals surface area contributed by atoms with E-state index in [1.165, 1.54) is 17.0 Å². The molecule has 1 fully saturated rings. The number of benzene rings is 1. The van der Waals surface area contributed by atoms with Crippen molar-refractivity contribution in [3.05, 3.63) is 45.3 Å². The predicted octanol–water partition coefficient (Wildman–Crippen LogP) is 2.64. The van der Waals surface area contributed by atoms with E-state index in [1.54, 1.807) is 19.1 Å². The van der Waals surface area contributed by atoms with E-state index in [2.05, 4.69) is 0 Å². The summed E-state index contributed by atoms with van der Waals surface area (Å²) in [7, 11) is 0. The molecule has 3 rings (SSSR count). The van der Waals surface area contributed by atoms with Gasteiger partial charge >= 0.3 is 0 Å². The van der Waals surface area contributed by atoms with Crippen molar-refractivity contribution in [3.8, 4) is 0 Å². The Morgan fingerprint density at radius 1 is 1.32 bits per heavy atom. The molecule has 114 valence electrons. The maximum Gasteiger partial charge on any atom is 0.290 e. The van der Waals surface area contributed by atoms with Crippen molar-refractivity contribution >= 4 is 34.3 Å². The second-order valence-corrected chi connectivity index (χ2v) is 5.80. The molecule has 1 aromatic carbocycles. The first kappa shape index (κ1) is 14.8. The first-order valence-electron chi connectivity index (χ1n) is 7.04. The van der Waals surface area contributed by atoms with Gasteiger partial charge in [0.15, 0.2) is 17.0 Å². The summed E-state index contributed by atoms with van der Waals surface area (Å²) in [4.78, 5) is 37.9. The van der Waals surface area contributed by atoms with Crippen LogP contribution in [0, 0.1) is 0 Å². The molecule has 1 atom stereocenters. The monoisotopic (exact) mass is 319 g/mol. The number of rotatable bonds is 1. The van der Waals surface area contributed by atoms with Gasteiger partial charge in [-0.15, -0.1) is 0 Å². The highest BCUT2D eigenvalue weighted by Crippen LogP contribution is 2.21. The van der Waals surface area contributed by atoms with Gasteiger partial charge in [0, 0.05) is 30.1 Å². The molecule has 1 aliphatic heterocycles. The first-order chi connectivity index (χ1) is 10.5. The third-order valence-corrected chi connectivity index (χ3v) is 4.15. The van der Waals surface area contributed by atoms with Crippen molar-refractivity contribution in [1.29, 1.82) is 0 Å². The molecule has 1 saturated heterocycles. The number of hydrogen-bond acceptors (Lipinski definition) is 4. The molecule has 0 bridgehead atoms. The Morgan fingerprint density at radius 3 is 2.86 bits per heavy atom. The topological polar surface area (TPSA) is 67.6 Å². The molecular formula is C16H14ClNO4. The molecule has 5 nitrogen and oxygen atoms in total. The molecule has 1 amide bonds. The van der Waals surface area contributed by atoms with Crippen molar-refractivity contribution in [2.45, 2.75) is 25.8 Å². The molecule has 2 aromatic rings. The van der Waals surface area contributed by atoms with Crippen molar-refractivity contribution in [3.63, 3.8) is 0 Å². The van der Waals surface area contributed by atoms with Crippen molar-refractivity contribution in [2.75, 3.05) is 6.54 Å². The van der Waals surface area contributed by atoms with Crippen LogP contribution in [0.1, 0.15) is 30.3 Å². The lowest BCUT2D eigenvalue weighted by Gasteiger charge is -2.31. The van der Waals surface area contributed by atoms with Crippen LogP contribution in [-0.4, -0.2) is 29.2 Å². The zero-order valence-corrected chi connectivity index (χ0v) is 12.7. The number of carbonyl (C=O) groups excluding carboxylic acids is 2. The van der Waals surface area contributed by atoms with Crippen molar-refractivity contribution < 1.29 is 14.0 Å². The van der Waals surface area contributed by atoms with Crippen LogP contribution in [-0.2, 0) is 4.79 Å². The van der Waals surface area contributed by atoms with Crippen LogP contribution in [0.3, 0.4) is 0 Å². The summed E-state index contributed by atoms with van der Waals surface area (Å²) >= 11 is 5.89. The summed E-state index contributed by atoms with van der Waals surface area (Å²) < 4.78 is 5.54. The molecule has 2 heterocycles. The van der Waals surface area contributed by atoms with Gasteiger partial charge in [-0.1, -0.05) is 11.6 Å². The predicted molar refractivity (Wildman–Crippen MR) is 82.2 cm³/mol. The molecule has 1 aromatic heterocycles. The smallest absolute Gasteiger partial charge is 0.290 e. The first-order valence-corrected chi connectivity index (χ1v) is 7.42. The van der Waals surface area contributed by atoms with Gasteiger partial charge in [-0.05, 0) is 25.5 Å². The number of amides is 1. The Kier molecular flexibility index (Phi) is 3.74. The minimum atomic E-state index is -0.499. The highest BCUT2D eigenvalue weighted by molar-refractivity contribution is 6.31. The Hall–Kier alpha value is -2.14. The van der Waals surface area contributed by atoms with Gasteiger partial charge in [0.1, 0.15) is 5.58 Å². The Labute approximate surface area is 131 Å². The Balaban J connectivity index is 2.04. The van der Waals surface area contributed by atoms with Crippen LogP contribution in [0.5, 0.6) is 0 Å². The molecule has 6 heteroatoms. The van der Waals surface area contributed by atoms with E-state index in [0.717, 1.165) is 0 Å². The van der Waals surface area contributed by atoms with Gasteiger partial charge in [0.2, 0.25) is 0 Å². The number of ketones is 1. The van der Waals surface area contributed by atoms with Crippen LogP contribution in [0.2, 0.25) is 5.02 Å². The average Bonchev–Trinajstić information content (AvgIpc) is 2.48. The molecule has 0 saturated carbocycles. The van der Waals surface area contributed by atoms with E-state index in [1.807, 2.05) is 0 Å². The fourth-order valence-corrected chi connectivity index (χ4v) is 2.82. The standard InChI is InChI=1S/C16H14ClNO4/c1-9-12(19)3-2-6-18(9)16(21)15-8-13(20)11-5-4-10(17)7-14(11)22-15/h4-5,7-9H,2-3,6H2,1H3. The number of likely N-dealkylation sites (tertiary alicyclic amines) is 1. The summed E-state index contributed by atoms with van der Waals surface area (Å²) in [6, 6.07) is 5.32. The van der Waals surface area contributed by atoms with Gasteiger partial charge in [-0.2, -0.15) is 0 Å². The minimum Gasteiger partial charge on any atom is -0.451 e. The molecule has 0 aliphatic carbocycles. The molecule has 0 radical (unpaired) electrons. The second-order valence-electron chi connectivity index (χ2n) is 5.36. The zero-order valence-electron chi connectivity index (χ0n) is 12.0. The van der Waals surface area contributed by atoms with E-state index < -0.39 is 11.9 Å². The van der Waals surface area contributed by atoms with Crippen LogP contribution < -0.4 is 5.43 Å². The maximum atomic E-state index is 12.5. The molecule has 0 spiro atoms. The van der Waals surface area contributed by atoms with E-state index >= 15 is 0 Å². The van der Waals surface area contributed by atoms with Gasteiger partial charge in [-0.25, -0.2) is 0 Å². The number of carbonyl (C=O) groups is 2. The van der Waals surface area contributed by atoms with Crippen molar-refractivity contribution in [2.24, 2.45) is 0 Å². The SMILES string of the molecule is CC1C(=O)CCCN1C(=O)c1cc(=O)c2ccc(Cl)cc2o1. The number of piperidine rings is 1. The van der Waals surface area contributed by atoms with Crippen LogP contribution >= 0.6 is 11.6 Å². The highest BCUT2D eigenvalue weighted by Gasteiger charge is 2.31. The van der Waals surface area contributed by atoms with Crippen molar-refractivity contribution in [1.82, 2.24) is 4.90 Å². The zero-order chi connectivity index (χ0) is 15.9. The molecule has 1 aliphatic rings. The highest BCUT2D eigenvalue weighted by atomic mass is 35.5. The number of Topliss-reactive ketones (excluding diaryl/α,β-unsaturated/α-hetero) is 1. The summed E-state index contributed by atoms with van der Waals surface area (Å²) in [6.45, 7) is 2.17. The molecule has 0 N–H and O–H groups in total. The Morgan fingerprint density at radius 2 is 2.09 bits per heavy atom. The molecular weight excluding hydrogens is 306 g/mol. The number of halogens is 1. The van der Waals surface area contributed by atoms with Gasteiger partial charge < -0.3 is 9.32 Å². The average molecular weight is 320 g/mol. The van der Waals surface area contributed by atoms with Gasteiger partial charge in [0.05, 0.1) is 11.4 Å². The molecule has 22 heavy (non-hydrogen) atoms. The van der Waals surface area contributed by atoms with Gasteiger partial charge in [-0.3, -0.25) is 14.4 Å². The van der Waals surface area contributed by atoms with E-state index in [-0.39, 0.29) is 22.6 Å². The normalized spacial score (nSPS) is 18.7. The summed E-state index contributed by atoms with van der Waals surface area (Å²) in [6.07, 6.45) is 1.10. The van der Waals surface area contributed by atoms with E-state index in [0.29, 0.717) is 29.8 Å². The van der Waals surface area contributed by atoms with Crippen LogP contribution in [0.4, 0.5) is 0 Å². The quantitative estimate of drug-likeness (QED) is 0.810. The third-order valence-electron chi connectivity index (χ3n) is 3.92. The van der Waals surface area contributed by atoms with Crippen LogP contribution in [0.15, 0.2) is 33.5 Å². The lowest BCUT2D eigenvalue weighted by atomic mass is 10.0. The maximum absolute atomic E-state index is 12.5. The third kappa shape index (κ3) is 2.52. The lowest BCUT2D eigenvalue weighted by Crippen LogP contribution is -2.47. The lowest BCUT2D eigenvalue weighted by molar-refractivity contribution is -0.125. The van der Waals surface area contributed by atoms with E-state index in [9.17, 15) is 14.4 Å². The van der Waals surface area contributed by atoms with Gasteiger partial charge in [0.25, 0.3) is 5.91 Å². The fraction of sp³-hybridized carbons (Fsp3) is 0.312. The minimum absolute atomic E-state index is 0.0192. The summed E-state index contributed by atoms with van der Waals surface area (Å²) in [5.41, 5.74) is -0.0448. The molecule has 1 unspecified atom stereocenters. The largest absolute Gasteiger partial charge is 0.451 e. The summed E-state index contributed by atoms with van der Waals surface area (Å²) in [5, 5.41) is 0.783. The Bertz CT molecular complexity index is 826. The van der Waals surface area contributed by atoms with E-state index in [4.69, 9.17) is 16.0 Å². The second kappa shape index (κ2) is 5.57. The number of hydrogen-bond donors (Lipinski definition) is 0. The number of nitrogens with zero attached hydrogens (tertiary/aromatic N) is 1. The summed E-state index contributed by atoms with van der Waals surface area (Å²) in [5.74, 6) is -0.494. The van der Waals surface area contributed by atoms with Crippen LogP contribution in [0.25, 0.3) is 11.0 Å². The number of fused-ring (bicyclic) bond motifs is 1. The fourth-order valence-electron chi connectivity index (χ4n) is 2.65.